The van der Waals surface area contributed by atoms with Crippen molar-refractivity contribution in [2.75, 3.05) is 33.8 Å². The van der Waals surface area contributed by atoms with Gasteiger partial charge in [-0.15, -0.1) is 0 Å². The summed E-state index contributed by atoms with van der Waals surface area (Å²) in [6.07, 6.45) is 2.46. The monoisotopic (exact) mass is 432 g/mol. The Bertz CT molecular complexity index is 1230. The van der Waals surface area contributed by atoms with Crippen molar-refractivity contribution in [1.29, 1.82) is 0 Å². The fourth-order valence-electron chi connectivity index (χ4n) is 4.20. The highest BCUT2D eigenvalue weighted by Crippen LogP contribution is 2.39. The van der Waals surface area contributed by atoms with E-state index in [0.717, 1.165) is 24.1 Å². The molecule has 2 aromatic carbocycles. The third-order valence-electron chi connectivity index (χ3n) is 5.67. The number of carbonyl (C=O) groups excluding carboxylic acids is 1. The van der Waals surface area contributed by atoms with E-state index < -0.39 is 6.04 Å². The van der Waals surface area contributed by atoms with E-state index in [9.17, 15) is 9.59 Å². The zero-order valence-electron chi connectivity index (χ0n) is 18.8. The van der Waals surface area contributed by atoms with Gasteiger partial charge < -0.3 is 19.0 Å². The third-order valence-corrected chi connectivity index (χ3v) is 5.67. The number of hydrogen-bond acceptors (Lipinski definition) is 5. The number of fused-ring (bicyclic) bond motifs is 2. The molecule has 1 aliphatic heterocycles. The van der Waals surface area contributed by atoms with Crippen LogP contribution in [0.2, 0.25) is 0 Å². The number of amides is 1. The Morgan fingerprint density at radius 3 is 2.75 bits per heavy atom. The number of hydrogen-bond donors (Lipinski definition) is 0. The van der Waals surface area contributed by atoms with Crippen molar-refractivity contribution in [2.45, 2.75) is 19.4 Å². The molecule has 0 aliphatic carbocycles. The average Bonchev–Trinajstić information content (AvgIpc) is 3.05. The summed E-state index contributed by atoms with van der Waals surface area (Å²) in [4.78, 5) is 30.8. The lowest BCUT2D eigenvalue weighted by molar-refractivity contribution is 0.0722. The molecule has 6 nitrogen and oxygen atoms in total. The van der Waals surface area contributed by atoms with Crippen molar-refractivity contribution < 1.29 is 13.9 Å². The normalized spacial score (nSPS) is 15.4. The first-order valence-corrected chi connectivity index (χ1v) is 10.8. The van der Waals surface area contributed by atoms with Crippen molar-refractivity contribution in [3.63, 3.8) is 0 Å². The molecule has 0 N–H and O–H groups in total. The fourth-order valence-corrected chi connectivity index (χ4v) is 4.20. The summed E-state index contributed by atoms with van der Waals surface area (Å²) < 4.78 is 11.7. The number of carbonyl (C=O) groups is 1. The minimum atomic E-state index is -0.520. The van der Waals surface area contributed by atoms with Gasteiger partial charge in [0.1, 0.15) is 17.9 Å². The molecule has 166 valence electrons. The highest BCUT2D eigenvalue weighted by molar-refractivity contribution is 5.99. The summed E-state index contributed by atoms with van der Waals surface area (Å²) in [6.45, 7) is 7.34. The molecule has 0 saturated heterocycles. The van der Waals surface area contributed by atoms with Crippen molar-refractivity contribution >= 4 is 16.9 Å². The molecular weight excluding hydrogens is 404 g/mol. The van der Waals surface area contributed by atoms with Gasteiger partial charge in [-0.3, -0.25) is 9.59 Å². The van der Waals surface area contributed by atoms with Gasteiger partial charge in [0, 0.05) is 6.54 Å². The van der Waals surface area contributed by atoms with Crippen molar-refractivity contribution in [1.82, 2.24) is 9.80 Å². The van der Waals surface area contributed by atoms with E-state index in [1.165, 1.54) is 0 Å². The van der Waals surface area contributed by atoms with Crippen LogP contribution in [0.25, 0.3) is 11.0 Å². The van der Waals surface area contributed by atoms with E-state index in [-0.39, 0.29) is 17.1 Å². The van der Waals surface area contributed by atoms with Crippen LogP contribution >= 0.6 is 0 Å². The van der Waals surface area contributed by atoms with Gasteiger partial charge in [-0.05, 0) is 63.8 Å². The second-order valence-electron chi connectivity index (χ2n) is 8.40. The highest BCUT2D eigenvalue weighted by atomic mass is 16.5. The third kappa shape index (κ3) is 4.06. The SMILES string of the molecule is C=CCOc1cccc([C@@H]2c3c(oc4ccc(C)cc4c3=O)C(=O)N2CCCN(C)C)c1. The quantitative estimate of drug-likeness (QED) is 0.500. The van der Waals surface area contributed by atoms with Gasteiger partial charge in [-0.25, -0.2) is 0 Å². The molecule has 3 aromatic rings. The molecule has 0 spiro atoms. The van der Waals surface area contributed by atoms with Crippen LogP contribution in [-0.4, -0.2) is 49.5 Å². The topological polar surface area (TPSA) is 63.0 Å². The van der Waals surface area contributed by atoms with Crippen LogP contribution in [0.4, 0.5) is 0 Å². The molecule has 1 atom stereocenters. The van der Waals surface area contributed by atoms with E-state index in [4.69, 9.17) is 9.15 Å². The lowest BCUT2D eigenvalue weighted by atomic mass is 9.98. The molecule has 1 amide bonds. The Morgan fingerprint density at radius 2 is 2.00 bits per heavy atom. The maximum absolute atomic E-state index is 13.6. The maximum Gasteiger partial charge on any atom is 0.290 e. The summed E-state index contributed by atoms with van der Waals surface area (Å²) in [5.74, 6) is 0.553. The van der Waals surface area contributed by atoms with Crippen LogP contribution in [-0.2, 0) is 0 Å². The van der Waals surface area contributed by atoms with E-state index in [0.29, 0.717) is 35.4 Å². The largest absolute Gasteiger partial charge is 0.490 e. The van der Waals surface area contributed by atoms with Crippen molar-refractivity contribution in [2.24, 2.45) is 0 Å². The lowest BCUT2D eigenvalue weighted by Crippen LogP contribution is -2.32. The zero-order valence-corrected chi connectivity index (χ0v) is 18.8. The number of benzene rings is 2. The van der Waals surface area contributed by atoms with Crippen LogP contribution in [0.3, 0.4) is 0 Å². The predicted molar refractivity (Wildman–Crippen MR) is 125 cm³/mol. The van der Waals surface area contributed by atoms with E-state index in [1.807, 2.05) is 57.4 Å². The first kappa shape index (κ1) is 21.8. The molecule has 2 heterocycles. The molecule has 4 rings (SSSR count). The van der Waals surface area contributed by atoms with E-state index >= 15 is 0 Å². The smallest absolute Gasteiger partial charge is 0.290 e. The standard InChI is InChI=1S/C26H28N2O4/c1-5-14-31-19-9-6-8-18(16-19)23-22-24(29)20-15-17(2)10-11-21(20)32-25(22)26(30)28(23)13-7-12-27(3)4/h5-6,8-11,15-16,23H,1,7,12-14H2,2-4H3/t23-/m1/s1. The summed E-state index contributed by atoms with van der Waals surface area (Å²) in [5.41, 5.74) is 2.47. The van der Waals surface area contributed by atoms with Gasteiger partial charge in [-0.1, -0.05) is 36.4 Å². The minimum absolute atomic E-state index is 0.138. The fraction of sp³-hybridized carbons (Fsp3) is 0.308. The minimum Gasteiger partial charge on any atom is -0.490 e. The summed E-state index contributed by atoms with van der Waals surface area (Å²) >= 11 is 0. The van der Waals surface area contributed by atoms with Crippen LogP contribution in [0.5, 0.6) is 5.75 Å². The predicted octanol–water partition coefficient (Wildman–Crippen LogP) is 4.16. The van der Waals surface area contributed by atoms with Gasteiger partial charge >= 0.3 is 0 Å². The van der Waals surface area contributed by atoms with Crippen LogP contribution in [0, 0.1) is 6.92 Å². The molecule has 32 heavy (non-hydrogen) atoms. The first-order chi connectivity index (χ1) is 15.4. The summed E-state index contributed by atoms with van der Waals surface area (Å²) in [5, 5.41) is 0.496. The molecule has 0 saturated carbocycles. The van der Waals surface area contributed by atoms with Crippen molar-refractivity contribution in [3.05, 3.63) is 87.8 Å². The van der Waals surface area contributed by atoms with Crippen molar-refractivity contribution in [3.8, 4) is 5.75 Å². The Labute approximate surface area is 187 Å². The second-order valence-corrected chi connectivity index (χ2v) is 8.40. The molecule has 0 unspecified atom stereocenters. The van der Waals surface area contributed by atoms with Crippen LogP contribution in [0.1, 0.15) is 39.7 Å². The first-order valence-electron chi connectivity index (χ1n) is 10.8. The van der Waals surface area contributed by atoms with E-state index in [1.54, 1.807) is 17.0 Å². The second kappa shape index (κ2) is 9.01. The lowest BCUT2D eigenvalue weighted by Gasteiger charge is -2.26. The van der Waals surface area contributed by atoms with E-state index in [2.05, 4.69) is 11.5 Å². The Kier molecular flexibility index (Phi) is 6.15. The molecular formula is C26H28N2O4. The average molecular weight is 433 g/mol. The highest BCUT2D eigenvalue weighted by Gasteiger charge is 2.42. The molecule has 0 bridgehead atoms. The zero-order chi connectivity index (χ0) is 22.8. The number of aryl methyl sites for hydroxylation is 1. The number of nitrogens with zero attached hydrogens (tertiary/aromatic N) is 2. The molecule has 6 heteroatoms. The van der Waals surface area contributed by atoms with Gasteiger partial charge in [0.15, 0.2) is 5.43 Å². The summed E-state index contributed by atoms with van der Waals surface area (Å²) in [6, 6.07) is 12.5. The number of rotatable bonds is 8. The molecule has 1 aromatic heterocycles. The van der Waals surface area contributed by atoms with Crippen LogP contribution in [0.15, 0.2) is 64.3 Å². The van der Waals surface area contributed by atoms with Crippen LogP contribution < -0.4 is 10.2 Å². The molecule has 0 radical (unpaired) electrons. The molecule has 1 aliphatic rings. The van der Waals surface area contributed by atoms with Gasteiger partial charge in [0.25, 0.3) is 5.91 Å². The maximum atomic E-state index is 13.6. The summed E-state index contributed by atoms with van der Waals surface area (Å²) in [7, 11) is 4.00. The van der Waals surface area contributed by atoms with Gasteiger partial charge in [-0.2, -0.15) is 0 Å². The Balaban J connectivity index is 1.85. The Hall–Kier alpha value is -3.38. The molecule has 0 fully saturated rings. The van der Waals surface area contributed by atoms with Gasteiger partial charge in [0.2, 0.25) is 5.76 Å². The Morgan fingerprint density at radius 1 is 1.19 bits per heavy atom. The number of ether oxygens (including phenoxy) is 1. The van der Waals surface area contributed by atoms with Gasteiger partial charge in [0.05, 0.1) is 17.0 Å².